The van der Waals surface area contributed by atoms with Crippen molar-refractivity contribution in [1.82, 2.24) is 10.6 Å². The number of halogens is 4. The van der Waals surface area contributed by atoms with Crippen LogP contribution in [0.2, 0.25) is 5.02 Å². The topological polar surface area (TPSA) is 53.5 Å². The van der Waals surface area contributed by atoms with Gasteiger partial charge in [-0.25, -0.2) is 4.39 Å². The van der Waals surface area contributed by atoms with E-state index in [1.807, 2.05) is 32.2 Å². The Morgan fingerprint density at radius 1 is 1.18 bits per heavy atom. The van der Waals surface area contributed by atoms with Crippen LogP contribution < -0.4 is 15.4 Å². The molecule has 158 valence electrons. The second-order valence-electron chi connectivity index (χ2n) is 6.30. The minimum absolute atomic E-state index is 0. The molecule has 4 nitrogen and oxygen atoms in total. The molecule has 2 rings (SSSR count). The number of hydrogen-bond donors (Lipinski definition) is 3. The van der Waals surface area contributed by atoms with Gasteiger partial charge < -0.3 is 20.5 Å². The highest BCUT2D eigenvalue weighted by molar-refractivity contribution is 8.93. The van der Waals surface area contributed by atoms with Crippen LogP contribution in [-0.2, 0) is 6.42 Å². The Bertz CT molecular complexity index is 710. The van der Waals surface area contributed by atoms with Crippen LogP contribution in [0.4, 0.5) is 4.39 Å². The molecule has 0 amide bonds. The zero-order chi connectivity index (χ0) is 18.9. The van der Waals surface area contributed by atoms with Crippen LogP contribution in [0, 0.1) is 5.82 Å². The number of benzene rings is 2. The van der Waals surface area contributed by atoms with E-state index in [-0.39, 0.29) is 51.6 Å². The van der Waals surface area contributed by atoms with Gasteiger partial charge in [-0.2, -0.15) is 0 Å². The molecule has 0 spiro atoms. The van der Waals surface area contributed by atoms with Gasteiger partial charge in [-0.1, -0.05) is 29.8 Å². The van der Waals surface area contributed by atoms with E-state index >= 15 is 0 Å². The molecule has 2 aromatic rings. The van der Waals surface area contributed by atoms with E-state index < -0.39 is 6.10 Å². The number of aliphatic hydroxyl groups excluding tert-OH is 1. The van der Waals surface area contributed by atoms with Gasteiger partial charge in [-0.05, 0) is 55.8 Å². The largest absolute Gasteiger partial charge is 0.489 e. The van der Waals surface area contributed by atoms with Crippen LogP contribution >= 0.6 is 45.6 Å². The molecule has 2 unspecified atom stereocenters. The summed E-state index contributed by atoms with van der Waals surface area (Å²) in [4.78, 5) is 0. The fourth-order valence-corrected chi connectivity index (χ4v) is 2.82. The van der Waals surface area contributed by atoms with Crippen molar-refractivity contribution >= 4 is 45.6 Å². The van der Waals surface area contributed by atoms with Gasteiger partial charge in [0.25, 0.3) is 0 Å². The van der Waals surface area contributed by atoms with E-state index in [0.29, 0.717) is 31.1 Å². The molecule has 0 saturated carbocycles. The van der Waals surface area contributed by atoms with E-state index in [9.17, 15) is 9.50 Å². The van der Waals surface area contributed by atoms with Gasteiger partial charge in [0, 0.05) is 24.2 Å². The molecule has 0 aromatic heterocycles. The standard InChI is InChI=1S/C20H26ClFN2O2.2BrH/c1-14(24-13-19(25)16-4-3-5-17(21)12-16)10-15-6-7-20(18(22)11-15)26-9-8-23-2;;/h3-7,11-12,14,19,23-25H,8-10,13H2,1-2H3;2*1H. The van der Waals surface area contributed by atoms with Crippen LogP contribution in [0.25, 0.3) is 0 Å². The molecular weight excluding hydrogens is 514 g/mol. The second-order valence-corrected chi connectivity index (χ2v) is 6.74. The molecule has 0 aliphatic heterocycles. The van der Waals surface area contributed by atoms with E-state index in [2.05, 4.69) is 10.6 Å². The number of rotatable bonds is 10. The number of nitrogens with one attached hydrogen (secondary N) is 2. The maximum absolute atomic E-state index is 14.1. The van der Waals surface area contributed by atoms with Crippen molar-refractivity contribution in [2.24, 2.45) is 0 Å². The van der Waals surface area contributed by atoms with Crippen molar-refractivity contribution in [3.63, 3.8) is 0 Å². The van der Waals surface area contributed by atoms with Gasteiger partial charge in [-0.15, -0.1) is 34.0 Å². The Morgan fingerprint density at radius 2 is 1.93 bits per heavy atom. The Labute approximate surface area is 192 Å². The average molecular weight is 543 g/mol. The van der Waals surface area contributed by atoms with Gasteiger partial charge >= 0.3 is 0 Å². The summed E-state index contributed by atoms with van der Waals surface area (Å²) in [5.74, 6) is -0.0919. The Balaban J connectivity index is 0.00000364. The molecule has 3 N–H and O–H groups in total. The highest BCUT2D eigenvalue weighted by Crippen LogP contribution is 2.20. The van der Waals surface area contributed by atoms with E-state index in [4.69, 9.17) is 16.3 Å². The molecular formula is C20H28Br2ClFN2O2. The van der Waals surface area contributed by atoms with E-state index in [1.165, 1.54) is 6.07 Å². The maximum Gasteiger partial charge on any atom is 0.165 e. The zero-order valence-corrected chi connectivity index (χ0v) is 20.1. The third-order valence-electron chi connectivity index (χ3n) is 4.04. The van der Waals surface area contributed by atoms with Gasteiger partial charge in [0.15, 0.2) is 11.6 Å². The molecule has 0 aliphatic rings. The van der Waals surface area contributed by atoms with Crippen LogP contribution in [0.15, 0.2) is 42.5 Å². The first-order chi connectivity index (χ1) is 12.5. The lowest BCUT2D eigenvalue weighted by Crippen LogP contribution is -2.32. The predicted molar refractivity (Wildman–Crippen MR) is 124 cm³/mol. The second kappa shape index (κ2) is 14.3. The lowest BCUT2D eigenvalue weighted by atomic mass is 10.1. The third kappa shape index (κ3) is 9.20. The molecule has 8 heteroatoms. The van der Waals surface area contributed by atoms with E-state index in [1.54, 1.807) is 18.2 Å². The predicted octanol–water partition coefficient (Wildman–Crippen LogP) is 4.49. The van der Waals surface area contributed by atoms with Crippen LogP contribution in [-0.4, -0.2) is 37.9 Å². The molecule has 0 aliphatic carbocycles. The quantitative estimate of drug-likeness (QED) is 0.388. The smallest absolute Gasteiger partial charge is 0.165 e. The van der Waals surface area contributed by atoms with Crippen LogP contribution in [0.1, 0.15) is 24.2 Å². The summed E-state index contributed by atoms with van der Waals surface area (Å²) in [5.41, 5.74) is 1.65. The fourth-order valence-electron chi connectivity index (χ4n) is 2.62. The molecule has 28 heavy (non-hydrogen) atoms. The van der Waals surface area contributed by atoms with Crippen molar-refractivity contribution in [3.8, 4) is 5.75 Å². The third-order valence-corrected chi connectivity index (χ3v) is 4.28. The Kier molecular flexibility index (Phi) is 14.0. The summed E-state index contributed by atoms with van der Waals surface area (Å²) >= 11 is 5.95. The Morgan fingerprint density at radius 3 is 2.57 bits per heavy atom. The normalized spacial score (nSPS) is 12.5. The van der Waals surface area contributed by atoms with Crippen LogP contribution in [0.3, 0.4) is 0 Å². The zero-order valence-electron chi connectivity index (χ0n) is 16.0. The van der Waals surface area contributed by atoms with Crippen LogP contribution in [0.5, 0.6) is 5.75 Å². The van der Waals surface area contributed by atoms with Crippen molar-refractivity contribution in [3.05, 3.63) is 64.4 Å². The molecule has 0 radical (unpaired) electrons. The fraction of sp³-hybridized carbons (Fsp3) is 0.400. The molecule has 0 heterocycles. The molecule has 0 saturated heterocycles. The summed E-state index contributed by atoms with van der Waals surface area (Å²) in [6, 6.07) is 12.3. The number of aliphatic hydroxyl groups is 1. The average Bonchev–Trinajstić information content (AvgIpc) is 2.61. The summed E-state index contributed by atoms with van der Waals surface area (Å²) in [7, 11) is 1.82. The van der Waals surface area contributed by atoms with Gasteiger partial charge in [-0.3, -0.25) is 0 Å². The number of likely N-dealkylation sites (N-methyl/N-ethyl adjacent to an activating group) is 1. The van der Waals surface area contributed by atoms with Crippen molar-refractivity contribution in [1.29, 1.82) is 0 Å². The first-order valence-electron chi connectivity index (χ1n) is 8.72. The highest BCUT2D eigenvalue weighted by Gasteiger charge is 2.12. The molecule has 0 fully saturated rings. The SMILES string of the molecule is Br.Br.CNCCOc1ccc(CC(C)NCC(O)c2cccc(Cl)c2)cc1F. The minimum Gasteiger partial charge on any atom is -0.489 e. The molecule has 0 bridgehead atoms. The van der Waals surface area contributed by atoms with Gasteiger partial charge in [0.05, 0.1) is 6.10 Å². The number of ether oxygens (including phenoxy) is 1. The van der Waals surface area contributed by atoms with Crippen molar-refractivity contribution < 1.29 is 14.2 Å². The van der Waals surface area contributed by atoms with Gasteiger partial charge in [0.1, 0.15) is 6.61 Å². The minimum atomic E-state index is -0.643. The lowest BCUT2D eigenvalue weighted by Gasteiger charge is -2.18. The Hall–Kier alpha value is -0.700. The molecule has 2 aromatic carbocycles. The maximum atomic E-state index is 14.1. The van der Waals surface area contributed by atoms with E-state index in [0.717, 1.165) is 11.1 Å². The monoisotopic (exact) mass is 540 g/mol. The molecule has 2 atom stereocenters. The summed E-state index contributed by atoms with van der Waals surface area (Å²) < 4.78 is 19.5. The lowest BCUT2D eigenvalue weighted by molar-refractivity contribution is 0.170. The number of hydrogen-bond acceptors (Lipinski definition) is 4. The first kappa shape index (κ1) is 27.3. The van der Waals surface area contributed by atoms with Crippen molar-refractivity contribution in [2.45, 2.75) is 25.5 Å². The first-order valence-corrected chi connectivity index (χ1v) is 9.10. The summed E-state index contributed by atoms with van der Waals surface area (Å²) in [6.07, 6.45) is 0.00605. The summed E-state index contributed by atoms with van der Waals surface area (Å²) in [6.45, 7) is 3.48. The van der Waals surface area contributed by atoms with Gasteiger partial charge in [0.2, 0.25) is 0 Å². The van der Waals surface area contributed by atoms with Crippen molar-refractivity contribution in [2.75, 3.05) is 26.7 Å². The highest BCUT2D eigenvalue weighted by atomic mass is 79.9. The summed E-state index contributed by atoms with van der Waals surface area (Å²) in [5, 5.41) is 17.1.